The van der Waals surface area contributed by atoms with E-state index in [2.05, 4.69) is 10.3 Å². The van der Waals surface area contributed by atoms with Gasteiger partial charge in [-0.2, -0.15) is 0 Å². The lowest BCUT2D eigenvalue weighted by atomic mass is 9.81. The number of rotatable bonds is 5. The number of likely N-dealkylation sites (tertiary alicyclic amines) is 1. The minimum atomic E-state index is -0.424. The van der Waals surface area contributed by atoms with Gasteiger partial charge in [-0.05, 0) is 24.5 Å². The first-order valence-electron chi connectivity index (χ1n) is 9.46. The van der Waals surface area contributed by atoms with Crippen LogP contribution < -0.4 is 5.32 Å². The summed E-state index contributed by atoms with van der Waals surface area (Å²) in [5.74, 6) is -1.36. The molecule has 4 rings (SSSR count). The monoisotopic (exact) mass is 451 g/mol. The number of nitrogens with one attached hydrogen (secondary N) is 1. The zero-order chi connectivity index (χ0) is 20.5. The average Bonchev–Trinajstić information content (AvgIpc) is 3.24. The van der Waals surface area contributed by atoms with Crippen LogP contribution in [0.1, 0.15) is 36.1 Å². The van der Waals surface area contributed by atoms with Crippen LogP contribution in [0.4, 0.5) is 5.13 Å². The first kappa shape index (κ1) is 20.3. The molecule has 1 aromatic heterocycles. The number of anilines is 1. The van der Waals surface area contributed by atoms with Crippen LogP contribution in [-0.4, -0.2) is 34.2 Å². The van der Waals surface area contributed by atoms with Crippen molar-refractivity contribution in [3.05, 3.63) is 44.9 Å². The fraction of sp³-hybridized carbons (Fsp3) is 0.400. The largest absolute Gasteiger partial charge is 0.300 e. The summed E-state index contributed by atoms with van der Waals surface area (Å²) in [5, 5.41) is 4.09. The summed E-state index contributed by atoms with van der Waals surface area (Å²) in [4.78, 5) is 43.6. The third kappa shape index (κ3) is 4.17. The van der Waals surface area contributed by atoms with Crippen LogP contribution in [0.15, 0.2) is 24.4 Å². The molecule has 0 spiro atoms. The van der Waals surface area contributed by atoms with Crippen LogP contribution in [0.25, 0.3) is 0 Å². The molecule has 0 unspecified atom stereocenters. The van der Waals surface area contributed by atoms with Gasteiger partial charge in [-0.25, -0.2) is 4.98 Å². The molecule has 2 atom stereocenters. The predicted molar refractivity (Wildman–Crippen MR) is 112 cm³/mol. The van der Waals surface area contributed by atoms with Gasteiger partial charge >= 0.3 is 0 Å². The van der Waals surface area contributed by atoms with Crippen molar-refractivity contribution in [3.8, 4) is 0 Å². The number of imide groups is 1. The first-order valence-corrected chi connectivity index (χ1v) is 11.0. The number of aromatic nitrogens is 1. The molecule has 2 aliphatic rings. The maximum atomic E-state index is 12.5. The standard InChI is InChI=1S/C20H19Cl2N3O3S/c21-15-7-3-4-11(17(15)22)8-12-9-23-20(29-12)24-16(26)10-25-18(27)13-5-1-2-6-14(13)19(25)28/h3-4,7,9,13-14H,1-2,5-6,8,10H2,(H,23,24,26)/t13-,14-/m1/s1. The van der Waals surface area contributed by atoms with Crippen LogP contribution in [0.3, 0.4) is 0 Å². The van der Waals surface area contributed by atoms with Crippen molar-refractivity contribution in [2.24, 2.45) is 11.8 Å². The van der Waals surface area contributed by atoms with Crippen molar-refractivity contribution in [1.82, 2.24) is 9.88 Å². The highest BCUT2D eigenvalue weighted by Gasteiger charge is 2.48. The molecule has 0 bridgehead atoms. The highest BCUT2D eigenvalue weighted by atomic mass is 35.5. The average molecular weight is 452 g/mol. The maximum absolute atomic E-state index is 12.5. The fourth-order valence-electron chi connectivity index (χ4n) is 4.01. The number of carbonyl (C=O) groups excluding carboxylic acids is 3. The second-order valence-corrected chi connectivity index (χ2v) is 9.23. The molecule has 1 saturated heterocycles. The molecule has 152 valence electrons. The van der Waals surface area contributed by atoms with Crippen LogP contribution in [-0.2, 0) is 20.8 Å². The first-order chi connectivity index (χ1) is 13.9. The van der Waals surface area contributed by atoms with E-state index in [0.717, 1.165) is 41.0 Å². The van der Waals surface area contributed by atoms with Crippen molar-refractivity contribution in [2.75, 3.05) is 11.9 Å². The topological polar surface area (TPSA) is 79.4 Å². The van der Waals surface area contributed by atoms with Crippen LogP contribution in [0.5, 0.6) is 0 Å². The Hall–Kier alpha value is -1.96. The van der Waals surface area contributed by atoms with E-state index >= 15 is 0 Å². The number of thiazole rings is 1. The van der Waals surface area contributed by atoms with Crippen LogP contribution in [0, 0.1) is 11.8 Å². The molecule has 1 aromatic carbocycles. The Morgan fingerprint density at radius 1 is 1.17 bits per heavy atom. The molecule has 6 nitrogen and oxygen atoms in total. The van der Waals surface area contributed by atoms with Crippen LogP contribution in [0.2, 0.25) is 10.0 Å². The number of halogens is 2. The number of nitrogens with zero attached hydrogens (tertiary/aromatic N) is 2. The summed E-state index contributed by atoms with van der Waals surface area (Å²) < 4.78 is 0. The number of amides is 3. The van der Waals surface area contributed by atoms with Gasteiger partial charge in [0.15, 0.2) is 5.13 Å². The highest BCUT2D eigenvalue weighted by Crippen LogP contribution is 2.38. The molecular weight excluding hydrogens is 433 g/mol. The molecule has 3 amide bonds. The molecular formula is C20H19Cl2N3O3S. The van der Waals surface area contributed by atoms with E-state index in [4.69, 9.17) is 23.2 Å². The number of hydrogen-bond donors (Lipinski definition) is 1. The number of hydrogen-bond acceptors (Lipinski definition) is 5. The Morgan fingerprint density at radius 3 is 2.55 bits per heavy atom. The summed E-state index contributed by atoms with van der Waals surface area (Å²) >= 11 is 13.6. The molecule has 2 aromatic rings. The predicted octanol–water partition coefficient (Wildman–Crippen LogP) is 4.15. The van der Waals surface area contributed by atoms with Gasteiger partial charge in [-0.1, -0.05) is 48.2 Å². The Bertz CT molecular complexity index is 954. The highest BCUT2D eigenvalue weighted by molar-refractivity contribution is 7.15. The second kappa shape index (κ2) is 8.42. The van der Waals surface area contributed by atoms with E-state index in [1.165, 1.54) is 11.3 Å². The van der Waals surface area contributed by atoms with Gasteiger partial charge in [0.25, 0.3) is 0 Å². The molecule has 2 heterocycles. The van der Waals surface area contributed by atoms with E-state index in [1.807, 2.05) is 12.1 Å². The van der Waals surface area contributed by atoms with Crippen molar-refractivity contribution >= 4 is 57.4 Å². The third-order valence-electron chi connectivity index (χ3n) is 5.43. The van der Waals surface area contributed by atoms with E-state index < -0.39 is 5.91 Å². The van der Waals surface area contributed by atoms with E-state index in [9.17, 15) is 14.4 Å². The third-order valence-corrected chi connectivity index (χ3v) is 7.20. The van der Waals surface area contributed by atoms with E-state index in [1.54, 1.807) is 12.3 Å². The normalized spacial score (nSPS) is 21.4. The van der Waals surface area contributed by atoms with Gasteiger partial charge < -0.3 is 5.32 Å². The lowest BCUT2D eigenvalue weighted by molar-refractivity contribution is -0.142. The zero-order valence-corrected chi connectivity index (χ0v) is 17.8. The van der Waals surface area contributed by atoms with Gasteiger partial charge in [0, 0.05) is 17.5 Å². The molecule has 1 N–H and O–H groups in total. The Kier molecular flexibility index (Phi) is 5.90. The van der Waals surface area contributed by atoms with E-state index in [-0.39, 0.29) is 30.2 Å². The van der Waals surface area contributed by atoms with Gasteiger partial charge in [0.1, 0.15) is 6.54 Å². The summed E-state index contributed by atoms with van der Waals surface area (Å²) in [6.45, 7) is -0.264. The number of benzene rings is 1. The summed E-state index contributed by atoms with van der Waals surface area (Å²) in [6, 6.07) is 5.44. The van der Waals surface area contributed by atoms with Crippen molar-refractivity contribution < 1.29 is 14.4 Å². The second-order valence-electron chi connectivity index (χ2n) is 7.33. The Labute approximate surface area is 182 Å². The maximum Gasteiger partial charge on any atom is 0.246 e. The number of carbonyl (C=O) groups is 3. The van der Waals surface area contributed by atoms with Crippen molar-refractivity contribution in [2.45, 2.75) is 32.1 Å². The zero-order valence-electron chi connectivity index (χ0n) is 15.5. The smallest absolute Gasteiger partial charge is 0.246 e. The van der Waals surface area contributed by atoms with Gasteiger partial charge in [-0.15, -0.1) is 11.3 Å². The van der Waals surface area contributed by atoms with Crippen LogP contribution >= 0.6 is 34.5 Å². The molecule has 1 aliphatic carbocycles. The SMILES string of the molecule is O=C(CN1C(=O)[C@@H]2CCCC[C@H]2C1=O)Nc1ncc(Cc2cccc(Cl)c2Cl)s1. The minimum Gasteiger partial charge on any atom is -0.300 e. The molecule has 29 heavy (non-hydrogen) atoms. The van der Waals surface area contributed by atoms with Crippen molar-refractivity contribution in [3.63, 3.8) is 0 Å². The summed E-state index contributed by atoms with van der Waals surface area (Å²) in [6.07, 6.45) is 5.58. The fourth-order valence-corrected chi connectivity index (χ4v) is 5.25. The van der Waals surface area contributed by atoms with E-state index in [0.29, 0.717) is 21.6 Å². The lowest BCUT2D eigenvalue weighted by Gasteiger charge is -2.19. The van der Waals surface area contributed by atoms with Gasteiger partial charge in [0.2, 0.25) is 17.7 Å². The molecule has 1 saturated carbocycles. The summed E-state index contributed by atoms with van der Waals surface area (Å²) in [7, 11) is 0. The molecule has 2 fully saturated rings. The molecule has 1 aliphatic heterocycles. The number of fused-ring (bicyclic) bond motifs is 1. The lowest BCUT2D eigenvalue weighted by Crippen LogP contribution is -2.38. The molecule has 0 radical (unpaired) electrons. The molecule has 9 heteroatoms. The van der Waals surface area contributed by atoms with Gasteiger partial charge in [0.05, 0.1) is 21.9 Å². The Balaban J connectivity index is 1.38. The van der Waals surface area contributed by atoms with Gasteiger partial charge in [-0.3, -0.25) is 19.3 Å². The minimum absolute atomic E-state index is 0.217. The quantitative estimate of drug-likeness (QED) is 0.692. The van der Waals surface area contributed by atoms with Crippen molar-refractivity contribution in [1.29, 1.82) is 0 Å². The summed E-state index contributed by atoms with van der Waals surface area (Å²) in [5.41, 5.74) is 0.872. The Morgan fingerprint density at radius 2 is 1.86 bits per heavy atom.